The van der Waals surface area contributed by atoms with Crippen LogP contribution in [0.2, 0.25) is 10.0 Å². The quantitative estimate of drug-likeness (QED) is 0.703. The van der Waals surface area contributed by atoms with Crippen LogP contribution in [0.25, 0.3) is 0 Å². The van der Waals surface area contributed by atoms with Gasteiger partial charge in [-0.05, 0) is 23.8 Å². The maximum Gasteiger partial charge on any atom is 0.221 e. The zero-order chi connectivity index (χ0) is 17.4. The van der Waals surface area contributed by atoms with Gasteiger partial charge in [0.2, 0.25) is 5.91 Å². The number of hydrogen-bond acceptors (Lipinski definition) is 4. The number of halogens is 2. The van der Waals surface area contributed by atoms with Crippen molar-refractivity contribution in [1.82, 2.24) is 15.6 Å². The van der Waals surface area contributed by atoms with E-state index in [1.165, 1.54) is 0 Å². The highest BCUT2D eigenvalue weighted by molar-refractivity contribution is 6.35. The lowest BCUT2D eigenvalue weighted by atomic mass is 10.2. The van der Waals surface area contributed by atoms with Gasteiger partial charge in [-0.2, -0.15) is 0 Å². The van der Waals surface area contributed by atoms with E-state index in [2.05, 4.69) is 15.6 Å². The molecule has 0 aliphatic carbocycles. The summed E-state index contributed by atoms with van der Waals surface area (Å²) in [6.07, 6.45) is 3.80. The van der Waals surface area contributed by atoms with Crippen LogP contribution in [0.15, 0.2) is 36.7 Å². The Morgan fingerprint density at radius 1 is 1.29 bits per heavy atom. The maximum absolute atomic E-state index is 11.8. The number of rotatable bonds is 8. The minimum atomic E-state index is -0.0255. The van der Waals surface area contributed by atoms with Crippen LogP contribution in [0, 0.1) is 0 Å². The second-order valence-electron chi connectivity index (χ2n) is 5.14. The van der Waals surface area contributed by atoms with Crippen molar-refractivity contribution >= 4 is 29.1 Å². The van der Waals surface area contributed by atoms with E-state index in [4.69, 9.17) is 27.9 Å². The predicted molar refractivity (Wildman–Crippen MR) is 95.4 cm³/mol. The number of pyridine rings is 1. The van der Waals surface area contributed by atoms with E-state index in [9.17, 15) is 4.79 Å². The summed E-state index contributed by atoms with van der Waals surface area (Å²) in [5, 5.41) is 7.06. The Kier molecular flexibility index (Phi) is 7.31. The lowest BCUT2D eigenvalue weighted by Crippen LogP contribution is -2.27. The van der Waals surface area contributed by atoms with Crippen molar-refractivity contribution in [3.05, 3.63) is 57.8 Å². The van der Waals surface area contributed by atoms with Crippen LogP contribution in [0.1, 0.15) is 17.5 Å². The van der Waals surface area contributed by atoms with Gasteiger partial charge in [-0.15, -0.1) is 0 Å². The first-order valence-corrected chi connectivity index (χ1v) is 8.24. The molecule has 128 valence electrons. The summed E-state index contributed by atoms with van der Waals surface area (Å²) in [7, 11) is 1.56. The standard InChI is InChI=1S/C17H19Cl2N3O2/c1-24-17-13(7-14(18)8-15(17)19)11-21-6-4-16(23)22-10-12-3-2-5-20-9-12/h2-3,5,7-9,21H,4,6,10-11H2,1H3,(H,22,23). The lowest BCUT2D eigenvalue weighted by molar-refractivity contribution is -0.121. The summed E-state index contributed by atoms with van der Waals surface area (Å²) in [6.45, 7) is 1.52. The molecule has 1 aromatic heterocycles. The van der Waals surface area contributed by atoms with Crippen LogP contribution in [0.5, 0.6) is 5.75 Å². The summed E-state index contributed by atoms with van der Waals surface area (Å²) < 4.78 is 5.28. The molecule has 0 radical (unpaired) electrons. The number of carbonyl (C=O) groups is 1. The molecule has 0 spiro atoms. The lowest BCUT2D eigenvalue weighted by Gasteiger charge is -2.12. The summed E-state index contributed by atoms with van der Waals surface area (Å²) in [5.74, 6) is 0.567. The fourth-order valence-corrected chi connectivity index (χ4v) is 2.80. The summed E-state index contributed by atoms with van der Waals surface area (Å²) in [5.41, 5.74) is 1.82. The minimum Gasteiger partial charge on any atom is -0.495 e. The van der Waals surface area contributed by atoms with Gasteiger partial charge in [-0.3, -0.25) is 9.78 Å². The van der Waals surface area contributed by atoms with E-state index in [0.717, 1.165) is 11.1 Å². The molecule has 0 bridgehead atoms. The van der Waals surface area contributed by atoms with E-state index < -0.39 is 0 Å². The average Bonchev–Trinajstić information content (AvgIpc) is 2.57. The number of amides is 1. The molecule has 1 aromatic carbocycles. The predicted octanol–water partition coefficient (Wildman–Crippen LogP) is 3.19. The van der Waals surface area contributed by atoms with Crippen molar-refractivity contribution in [3.63, 3.8) is 0 Å². The van der Waals surface area contributed by atoms with Crippen molar-refractivity contribution in [2.24, 2.45) is 0 Å². The van der Waals surface area contributed by atoms with Gasteiger partial charge in [0.1, 0.15) is 5.75 Å². The van der Waals surface area contributed by atoms with E-state index in [-0.39, 0.29) is 5.91 Å². The van der Waals surface area contributed by atoms with Gasteiger partial charge >= 0.3 is 0 Å². The highest BCUT2D eigenvalue weighted by atomic mass is 35.5. The Balaban J connectivity index is 1.74. The Bertz CT molecular complexity index is 681. The Hall–Kier alpha value is -1.82. The van der Waals surface area contributed by atoms with Crippen molar-refractivity contribution in [2.75, 3.05) is 13.7 Å². The largest absolute Gasteiger partial charge is 0.495 e. The summed E-state index contributed by atoms with van der Waals surface area (Å²) >= 11 is 12.1. The van der Waals surface area contributed by atoms with Gasteiger partial charge in [-0.1, -0.05) is 29.3 Å². The topological polar surface area (TPSA) is 63.2 Å². The SMILES string of the molecule is COc1c(Cl)cc(Cl)cc1CNCCC(=O)NCc1cccnc1. The molecule has 24 heavy (non-hydrogen) atoms. The molecule has 2 aromatic rings. The molecule has 0 saturated carbocycles. The third-order valence-electron chi connectivity index (χ3n) is 3.35. The number of methoxy groups -OCH3 is 1. The maximum atomic E-state index is 11.8. The monoisotopic (exact) mass is 367 g/mol. The van der Waals surface area contributed by atoms with Crippen LogP contribution in [-0.2, 0) is 17.9 Å². The molecule has 0 aliphatic heterocycles. The first kappa shape index (κ1) is 18.5. The normalized spacial score (nSPS) is 10.5. The van der Waals surface area contributed by atoms with Gasteiger partial charge in [0.05, 0.1) is 12.1 Å². The Labute approximate surface area is 151 Å². The van der Waals surface area contributed by atoms with Crippen molar-refractivity contribution in [3.8, 4) is 5.75 Å². The van der Waals surface area contributed by atoms with E-state index in [0.29, 0.717) is 41.8 Å². The van der Waals surface area contributed by atoms with Crippen molar-refractivity contribution in [2.45, 2.75) is 19.5 Å². The van der Waals surface area contributed by atoms with Crippen LogP contribution in [0.4, 0.5) is 0 Å². The molecule has 0 atom stereocenters. The fourth-order valence-electron chi connectivity index (χ4n) is 2.19. The third kappa shape index (κ3) is 5.67. The number of benzene rings is 1. The first-order valence-electron chi connectivity index (χ1n) is 7.48. The number of nitrogens with zero attached hydrogens (tertiary/aromatic N) is 1. The number of carbonyl (C=O) groups excluding carboxylic acids is 1. The molecule has 2 rings (SSSR count). The molecular weight excluding hydrogens is 349 g/mol. The fraction of sp³-hybridized carbons (Fsp3) is 0.294. The number of hydrogen-bond donors (Lipinski definition) is 2. The zero-order valence-electron chi connectivity index (χ0n) is 13.3. The van der Waals surface area contributed by atoms with E-state index in [1.807, 2.05) is 12.1 Å². The number of nitrogens with one attached hydrogen (secondary N) is 2. The summed E-state index contributed by atoms with van der Waals surface area (Å²) in [4.78, 5) is 15.8. The third-order valence-corrected chi connectivity index (χ3v) is 3.85. The zero-order valence-corrected chi connectivity index (χ0v) is 14.8. The molecule has 0 aliphatic rings. The molecule has 7 heteroatoms. The van der Waals surface area contributed by atoms with Crippen molar-refractivity contribution < 1.29 is 9.53 Å². The van der Waals surface area contributed by atoms with E-state index in [1.54, 1.807) is 31.6 Å². The van der Waals surface area contributed by atoms with Crippen LogP contribution in [-0.4, -0.2) is 24.5 Å². The Morgan fingerprint density at radius 2 is 2.12 bits per heavy atom. The molecule has 1 heterocycles. The molecule has 0 fully saturated rings. The highest BCUT2D eigenvalue weighted by Crippen LogP contribution is 2.31. The van der Waals surface area contributed by atoms with Gasteiger partial charge in [0, 0.05) is 49.0 Å². The minimum absolute atomic E-state index is 0.0255. The van der Waals surface area contributed by atoms with Gasteiger partial charge in [0.25, 0.3) is 0 Å². The molecule has 2 N–H and O–H groups in total. The van der Waals surface area contributed by atoms with Gasteiger partial charge < -0.3 is 15.4 Å². The highest BCUT2D eigenvalue weighted by Gasteiger charge is 2.09. The Morgan fingerprint density at radius 3 is 2.83 bits per heavy atom. The van der Waals surface area contributed by atoms with Crippen molar-refractivity contribution in [1.29, 1.82) is 0 Å². The van der Waals surface area contributed by atoms with Gasteiger partial charge in [-0.25, -0.2) is 0 Å². The second-order valence-corrected chi connectivity index (χ2v) is 5.99. The summed E-state index contributed by atoms with van der Waals surface area (Å²) in [6, 6.07) is 7.19. The van der Waals surface area contributed by atoms with Crippen LogP contribution in [0.3, 0.4) is 0 Å². The number of aromatic nitrogens is 1. The first-order chi connectivity index (χ1) is 11.6. The van der Waals surface area contributed by atoms with E-state index >= 15 is 0 Å². The number of ether oxygens (including phenoxy) is 1. The molecule has 5 nitrogen and oxygen atoms in total. The smallest absolute Gasteiger partial charge is 0.221 e. The van der Waals surface area contributed by atoms with Gasteiger partial charge in [0.15, 0.2) is 0 Å². The molecule has 0 saturated heterocycles. The van der Waals surface area contributed by atoms with Crippen LogP contribution >= 0.6 is 23.2 Å². The second kappa shape index (κ2) is 9.47. The molecular formula is C17H19Cl2N3O2. The molecule has 1 amide bonds. The van der Waals surface area contributed by atoms with Crippen LogP contribution < -0.4 is 15.4 Å². The average molecular weight is 368 g/mol. The molecule has 0 unspecified atom stereocenters.